The Kier molecular flexibility index (Phi) is 3.08. The lowest BCUT2D eigenvalue weighted by Gasteiger charge is -2.18. The molecule has 0 radical (unpaired) electrons. The SMILES string of the molecule is CN1Cc2c([N+](C)(O)C=O)ncn2-c2cccc(F)c2C1=O. The molecule has 2 aromatic rings. The summed E-state index contributed by atoms with van der Waals surface area (Å²) in [5.41, 5.74) is 0.706. The van der Waals surface area contributed by atoms with E-state index in [0.29, 0.717) is 17.8 Å². The summed E-state index contributed by atoms with van der Waals surface area (Å²) in [5.74, 6) is -1.01. The van der Waals surface area contributed by atoms with Crippen molar-refractivity contribution in [3.05, 3.63) is 41.6 Å². The Bertz CT molecular complexity index is 784. The quantitative estimate of drug-likeness (QED) is 0.390. The Labute approximate surface area is 125 Å². The monoisotopic (exact) mass is 305 g/mol. The van der Waals surface area contributed by atoms with Crippen LogP contribution < -0.4 is 4.65 Å². The number of rotatable bonds is 2. The molecule has 1 aliphatic rings. The topological polar surface area (TPSA) is 75.4 Å². The minimum Gasteiger partial charge on any atom is -0.335 e. The molecule has 2 heterocycles. The molecule has 1 aliphatic heterocycles. The molecule has 1 N–H and O–H groups in total. The highest BCUT2D eigenvalue weighted by Crippen LogP contribution is 2.31. The normalized spacial score (nSPS) is 16.5. The zero-order valence-corrected chi connectivity index (χ0v) is 12.0. The first kappa shape index (κ1) is 14.4. The van der Waals surface area contributed by atoms with Gasteiger partial charge >= 0.3 is 6.41 Å². The fourth-order valence-corrected chi connectivity index (χ4v) is 2.56. The van der Waals surface area contributed by atoms with Gasteiger partial charge in [0.25, 0.3) is 11.7 Å². The van der Waals surface area contributed by atoms with Crippen LogP contribution in [0.15, 0.2) is 24.5 Å². The molecule has 22 heavy (non-hydrogen) atoms. The smallest absolute Gasteiger partial charge is 0.335 e. The molecule has 0 fully saturated rings. The molecule has 0 saturated heterocycles. The minimum atomic E-state index is -1.07. The maximum absolute atomic E-state index is 14.1. The van der Waals surface area contributed by atoms with Gasteiger partial charge < -0.3 is 4.90 Å². The number of amides is 2. The van der Waals surface area contributed by atoms with Crippen LogP contribution in [0.3, 0.4) is 0 Å². The molecule has 1 aromatic heterocycles. The number of imidazole rings is 1. The molecule has 3 rings (SSSR count). The molecular weight excluding hydrogens is 291 g/mol. The highest BCUT2D eigenvalue weighted by atomic mass is 19.1. The number of hydroxylamine groups is 2. The number of fused-ring (bicyclic) bond motifs is 3. The van der Waals surface area contributed by atoms with Crippen LogP contribution in [-0.4, -0.2) is 46.1 Å². The summed E-state index contributed by atoms with van der Waals surface area (Å²) in [4.78, 5) is 28.8. The molecule has 0 aliphatic carbocycles. The number of carbonyl (C=O) groups excluding carboxylic acids is 2. The van der Waals surface area contributed by atoms with E-state index in [0.717, 1.165) is 0 Å². The van der Waals surface area contributed by atoms with Crippen LogP contribution in [0.1, 0.15) is 16.1 Å². The number of hydrogen-bond donors (Lipinski definition) is 1. The first-order valence-corrected chi connectivity index (χ1v) is 6.53. The van der Waals surface area contributed by atoms with Crippen LogP contribution in [0.2, 0.25) is 0 Å². The highest BCUT2D eigenvalue weighted by Gasteiger charge is 2.36. The second-order valence-electron chi connectivity index (χ2n) is 5.31. The van der Waals surface area contributed by atoms with Gasteiger partial charge in [0.15, 0.2) is 0 Å². The lowest BCUT2D eigenvalue weighted by molar-refractivity contribution is -0.141. The maximum Gasteiger partial charge on any atom is 0.339 e. The summed E-state index contributed by atoms with van der Waals surface area (Å²) in [5, 5.41) is 10.1. The van der Waals surface area contributed by atoms with E-state index in [4.69, 9.17) is 0 Å². The average Bonchev–Trinajstić information content (AvgIpc) is 2.86. The van der Waals surface area contributed by atoms with Crippen molar-refractivity contribution >= 4 is 18.1 Å². The second-order valence-corrected chi connectivity index (χ2v) is 5.31. The Morgan fingerprint density at radius 3 is 2.86 bits per heavy atom. The zero-order chi connectivity index (χ0) is 16.1. The number of carbonyl (C=O) groups is 2. The predicted molar refractivity (Wildman–Crippen MR) is 74.9 cm³/mol. The van der Waals surface area contributed by atoms with E-state index in [2.05, 4.69) is 4.98 Å². The Morgan fingerprint density at radius 1 is 1.45 bits per heavy atom. The molecule has 1 unspecified atom stereocenters. The van der Waals surface area contributed by atoms with Crippen LogP contribution in [-0.2, 0) is 11.3 Å². The number of aromatic nitrogens is 2. The Balaban J connectivity index is 2.32. The third kappa shape index (κ3) is 1.92. The largest absolute Gasteiger partial charge is 0.339 e. The first-order valence-electron chi connectivity index (χ1n) is 6.53. The van der Waals surface area contributed by atoms with Gasteiger partial charge in [-0.1, -0.05) is 10.7 Å². The number of halogens is 1. The standard InChI is InChI=1S/C14H14FN4O3/c1-17-6-11-13(19(2,22)8-20)16-7-18(11)10-5-3-4-9(15)12(10)14(17)21/h3-5,7-8,22H,6H2,1-2H3/q+1. The van der Waals surface area contributed by atoms with Gasteiger partial charge in [-0.2, -0.15) is 4.98 Å². The lowest BCUT2D eigenvalue weighted by atomic mass is 10.1. The van der Waals surface area contributed by atoms with Crippen LogP contribution >= 0.6 is 0 Å². The van der Waals surface area contributed by atoms with E-state index in [-0.39, 0.29) is 17.9 Å². The van der Waals surface area contributed by atoms with Crippen molar-refractivity contribution in [1.29, 1.82) is 0 Å². The highest BCUT2D eigenvalue weighted by molar-refractivity contribution is 5.98. The van der Waals surface area contributed by atoms with Crippen molar-refractivity contribution in [2.24, 2.45) is 0 Å². The first-order chi connectivity index (χ1) is 10.4. The summed E-state index contributed by atoms with van der Waals surface area (Å²) < 4.78 is 14.5. The zero-order valence-electron chi connectivity index (χ0n) is 12.0. The summed E-state index contributed by atoms with van der Waals surface area (Å²) in [6.07, 6.45) is 1.69. The van der Waals surface area contributed by atoms with E-state index in [1.54, 1.807) is 6.07 Å². The molecule has 8 heteroatoms. The van der Waals surface area contributed by atoms with Crippen molar-refractivity contribution in [3.63, 3.8) is 0 Å². The van der Waals surface area contributed by atoms with Crippen LogP contribution in [0, 0.1) is 5.82 Å². The van der Waals surface area contributed by atoms with E-state index < -0.39 is 16.4 Å². The fourth-order valence-electron chi connectivity index (χ4n) is 2.56. The summed E-state index contributed by atoms with van der Waals surface area (Å²) in [6, 6.07) is 4.29. The number of quaternary nitrogens is 1. The summed E-state index contributed by atoms with van der Waals surface area (Å²) in [7, 11) is 2.78. The molecule has 114 valence electrons. The van der Waals surface area contributed by atoms with Crippen LogP contribution in [0.25, 0.3) is 5.69 Å². The molecule has 0 spiro atoms. The molecule has 0 saturated carbocycles. The second kappa shape index (κ2) is 4.72. The summed E-state index contributed by atoms with van der Waals surface area (Å²) in [6.45, 7) is 0.0878. The van der Waals surface area contributed by atoms with E-state index in [1.165, 1.54) is 42.0 Å². The third-order valence-electron chi connectivity index (χ3n) is 3.68. The van der Waals surface area contributed by atoms with Crippen molar-refractivity contribution in [2.45, 2.75) is 6.54 Å². The molecule has 0 bridgehead atoms. The average molecular weight is 305 g/mol. The molecule has 2 amide bonds. The molecule has 1 atom stereocenters. The van der Waals surface area contributed by atoms with E-state index in [9.17, 15) is 19.2 Å². The van der Waals surface area contributed by atoms with Gasteiger partial charge in [-0.05, 0) is 12.1 Å². The van der Waals surface area contributed by atoms with Crippen LogP contribution in [0.4, 0.5) is 10.2 Å². The number of benzene rings is 1. The Hall–Kier alpha value is -2.58. The van der Waals surface area contributed by atoms with E-state index in [1.807, 2.05) is 0 Å². The number of hydrogen-bond acceptors (Lipinski definition) is 4. The maximum atomic E-state index is 14.1. The van der Waals surface area contributed by atoms with Gasteiger partial charge in [0.1, 0.15) is 24.9 Å². The minimum absolute atomic E-state index is 0.0639. The molecule has 1 aromatic carbocycles. The van der Waals surface area contributed by atoms with Gasteiger partial charge in [-0.3, -0.25) is 9.36 Å². The van der Waals surface area contributed by atoms with Crippen LogP contribution in [0.5, 0.6) is 0 Å². The van der Waals surface area contributed by atoms with E-state index >= 15 is 0 Å². The van der Waals surface area contributed by atoms with Gasteiger partial charge in [0, 0.05) is 7.05 Å². The van der Waals surface area contributed by atoms with Crippen molar-refractivity contribution < 1.29 is 19.2 Å². The van der Waals surface area contributed by atoms with Gasteiger partial charge in [-0.15, -0.1) is 0 Å². The van der Waals surface area contributed by atoms with Gasteiger partial charge in [0.2, 0.25) is 0 Å². The number of nitrogens with zero attached hydrogens (tertiary/aromatic N) is 4. The fraction of sp³-hybridized carbons (Fsp3) is 0.214. The van der Waals surface area contributed by atoms with Gasteiger partial charge in [-0.25, -0.2) is 14.4 Å². The molecule has 7 nitrogen and oxygen atoms in total. The van der Waals surface area contributed by atoms with Crippen molar-refractivity contribution in [3.8, 4) is 5.69 Å². The summed E-state index contributed by atoms with van der Waals surface area (Å²) >= 11 is 0. The third-order valence-corrected chi connectivity index (χ3v) is 3.68. The predicted octanol–water partition coefficient (Wildman–Crippen LogP) is 1.08. The van der Waals surface area contributed by atoms with Crippen molar-refractivity contribution in [2.75, 3.05) is 14.1 Å². The van der Waals surface area contributed by atoms with Crippen molar-refractivity contribution in [1.82, 2.24) is 19.1 Å². The Morgan fingerprint density at radius 2 is 2.18 bits per heavy atom. The van der Waals surface area contributed by atoms with Gasteiger partial charge in [0.05, 0.1) is 17.8 Å². The lowest BCUT2D eigenvalue weighted by Crippen LogP contribution is -2.41. The molecular formula is C14H14FN4O3+.